The van der Waals surface area contributed by atoms with Crippen LogP contribution in [-0.4, -0.2) is 16.5 Å². The zero-order valence-electron chi connectivity index (χ0n) is 11.6. The van der Waals surface area contributed by atoms with Gasteiger partial charge < -0.3 is 10.1 Å². The molecule has 0 spiro atoms. The molecule has 2 aromatic rings. The van der Waals surface area contributed by atoms with Crippen molar-refractivity contribution in [2.75, 3.05) is 11.9 Å². The molecule has 0 fully saturated rings. The Labute approximate surface area is 113 Å². The Morgan fingerprint density at radius 1 is 1.26 bits per heavy atom. The first-order chi connectivity index (χ1) is 9.19. The molecule has 0 aliphatic rings. The third-order valence-electron chi connectivity index (χ3n) is 2.66. The van der Waals surface area contributed by atoms with E-state index in [0.717, 1.165) is 29.8 Å². The maximum absolute atomic E-state index is 5.82. The second kappa shape index (κ2) is 6.18. The average molecular weight is 257 g/mol. The fraction of sp³-hybridized carbons (Fsp3) is 0.333. The van der Waals surface area contributed by atoms with Gasteiger partial charge in [-0.2, -0.15) is 4.98 Å². The van der Waals surface area contributed by atoms with Gasteiger partial charge in [0.1, 0.15) is 5.75 Å². The lowest BCUT2D eigenvalue weighted by atomic mass is 10.2. The Bertz CT molecular complexity index is 555. The smallest absolute Gasteiger partial charge is 0.226 e. The lowest BCUT2D eigenvalue weighted by Crippen LogP contribution is -2.05. The molecular formula is C15H19N3O. The average Bonchev–Trinajstić information content (AvgIpc) is 2.40. The molecule has 2 rings (SSSR count). The third kappa shape index (κ3) is 3.68. The molecule has 0 amide bonds. The van der Waals surface area contributed by atoms with Gasteiger partial charge in [-0.05, 0) is 38.0 Å². The van der Waals surface area contributed by atoms with E-state index in [2.05, 4.69) is 22.2 Å². The van der Waals surface area contributed by atoms with E-state index in [1.807, 2.05) is 38.1 Å². The molecule has 0 unspecified atom stereocenters. The van der Waals surface area contributed by atoms with Crippen molar-refractivity contribution in [2.24, 2.45) is 0 Å². The zero-order valence-corrected chi connectivity index (χ0v) is 11.6. The number of ether oxygens (including phenoxy) is 1. The van der Waals surface area contributed by atoms with Crippen LogP contribution in [0.25, 0.3) is 0 Å². The summed E-state index contributed by atoms with van der Waals surface area (Å²) in [7, 11) is 0. The minimum atomic E-state index is 0.596. The minimum absolute atomic E-state index is 0.596. The molecule has 0 aliphatic carbocycles. The van der Waals surface area contributed by atoms with Crippen LogP contribution in [0.4, 0.5) is 5.95 Å². The minimum Gasteiger partial charge on any atom is -0.439 e. The van der Waals surface area contributed by atoms with Crippen molar-refractivity contribution in [3.05, 3.63) is 41.6 Å². The SMILES string of the molecule is CCCNc1ncc(C)c(Oc2cccc(C)c2)n1. The van der Waals surface area contributed by atoms with Gasteiger partial charge >= 0.3 is 0 Å². The molecule has 0 atom stereocenters. The molecule has 1 aromatic carbocycles. The number of hydrogen-bond donors (Lipinski definition) is 1. The zero-order chi connectivity index (χ0) is 13.7. The largest absolute Gasteiger partial charge is 0.439 e. The second-order valence-electron chi connectivity index (χ2n) is 4.53. The monoisotopic (exact) mass is 257 g/mol. The van der Waals surface area contributed by atoms with Gasteiger partial charge in [0, 0.05) is 18.3 Å². The molecule has 0 saturated carbocycles. The Balaban J connectivity index is 2.19. The van der Waals surface area contributed by atoms with Crippen LogP contribution >= 0.6 is 0 Å². The van der Waals surface area contributed by atoms with Crippen molar-refractivity contribution in [1.29, 1.82) is 0 Å². The quantitative estimate of drug-likeness (QED) is 0.887. The van der Waals surface area contributed by atoms with E-state index in [1.165, 1.54) is 0 Å². The number of rotatable bonds is 5. The highest BCUT2D eigenvalue weighted by atomic mass is 16.5. The highest BCUT2D eigenvalue weighted by Crippen LogP contribution is 2.23. The molecular weight excluding hydrogens is 238 g/mol. The summed E-state index contributed by atoms with van der Waals surface area (Å²) in [6.07, 6.45) is 2.81. The molecule has 100 valence electrons. The standard InChI is InChI=1S/C15H19N3O/c1-4-8-16-15-17-10-12(3)14(18-15)19-13-7-5-6-11(2)9-13/h5-7,9-10H,4,8H2,1-3H3,(H,16,17,18). The maximum Gasteiger partial charge on any atom is 0.226 e. The number of aryl methyl sites for hydroxylation is 2. The Morgan fingerprint density at radius 3 is 2.84 bits per heavy atom. The van der Waals surface area contributed by atoms with Crippen LogP contribution in [0.2, 0.25) is 0 Å². The maximum atomic E-state index is 5.82. The van der Waals surface area contributed by atoms with Gasteiger partial charge in [0.15, 0.2) is 0 Å². The summed E-state index contributed by atoms with van der Waals surface area (Å²) >= 11 is 0. The van der Waals surface area contributed by atoms with Crippen molar-refractivity contribution in [3.63, 3.8) is 0 Å². The summed E-state index contributed by atoms with van der Waals surface area (Å²) in [4.78, 5) is 8.62. The Kier molecular flexibility index (Phi) is 4.34. The highest BCUT2D eigenvalue weighted by Gasteiger charge is 2.06. The van der Waals surface area contributed by atoms with E-state index in [1.54, 1.807) is 6.20 Å². The van der Waals surface area contributed by atoms with Crippen molar-refractivity contribution in [3.8, 4) is 11.6 Å². The second-order valence-corrected chi connectivity index (χ2v) is 4.53. The molecule has 4 heteroatoms. The van der Waals surface area contributed by atoms with Gasteiger partial charge in [-0.25, -0.2) is 4.98 Å². The summed E-state index contributed by atoms with van der Waals surface area (Å²) in [5.74, 6) is 2.00. The van der Waals surface area contributed by atoms with Crippen LogP contribution < -0.4 is 10.1 Å². The van der Waals surface area contributed by atoms with Crippen LogP contribution in [0, 0.1) is 13.8 Å². The molecule has 0 bridgehead atoms. The van der Waals surface area contributed by atoms with Gasteiger partial charge in [0.2, 0.25) is 11.8 Å². The van der Waals surface area contributed by atoms with Crippen molar-refractivity contribution in [2.45, 2.75) is 27.2 Å². The fourth-order valence-corrected chi connectivity index (χ4v) is 1.64. The first-order valence-corrected chi connectivity index (χ1v) is 6.51. The first kappa shape index (κ1) is 13.3. The topological polar surface area (TPSA) is 47.0 Å². The normalized spacial score (nSPS) is 10.3. The van der Waals surface area contributed by atoms with Crippen LogP contribution in [0.1, 0.15) is 24.5 Å². The molecule has 19 heavy (non-hydrogen) atoms. The van der Waals surface area contributed by atoms with Gasteiger partial charge in [0.05, 0.1) is 0 Å². The Hall–Kier alpha value is -2.10. The van der Waals surface area contributed by atoms with Crippen LogP contribution in [0.5, 0.6) is 11.6 Å². The van der Waals surface area contributed by atoms with Gasteiger partial charge in [-0.1, -0.05) is 19.1 Å². The number of benzene rings is 1. The molecule has 1 N–H and O–H groups in total. The lowest BCUT2D eigenvalue weighted by Gasteiger charge is -2.10. The highest BCUT2D eigenvalue weighted by molar-refractivity contribution is 5.37. The number of hydrogen-bond acceptors (Lipinski definition) is 4. The Morgan fingerprint density at radius 2 is 2.11 bits per heavy atom. The summed E-state index contributed by atoms with van der Waals surface area (Å²) in [5.41, 5.74) is 2.08. The summed E-state index contributed by atoms with van der Waals surface area (Å²) in [6, 6.07) is 7.92. The lowest BCUT2D eigenvalue weighted by molar-refractivity contribution is 0.458. The van der Waals surface area contributed by atoms with Crippen molar-refractivity contribution in [1.82, 2.24) is 9.97 Å². The first-order valence-electron chi connectivity index (χ1n) is 6.51. The van der Waals surface area contributed by atoms with Crippen LogP contribution in [0.15, 0.2) is 30.5 Å². The summed E-state index contributed by atoms with van der Waals surface area (Å²) < 4.78 is 5.82. The molecule has 0 radical (unpaired) electrons. The molecule has 1 heterocycles. The predicted molar refractivity (Wildman–Crippen MR) is 76.8 cm³/mol. The number of aromatic nitrogens is 2. The van der Waals surface area contributed by atoms with Gasteiger partial charge in [0.25, 0.3) is 0 Å². The summed E-state index contributed by atoms with van der Waals surface area (Å²) in [5, 5.41) is 3.16. The van der Waals surface area contributed by atoms with E-state index < -0.39 is 0 Å². The van der Waals surface area contributed by atoms with Crippen LogP contribution in [-0.2, 0) is 0 Å². The van der Waals surface area contributed by atoms with Crippen molar-refractivity contribution < 1.29 is 4.74 Å². The van der Waals surface area contributed by atoms with E-state index in [4.69, 9.17) is 4.74 Å². The number of nitrogens with zero attached hydrogens (tertiary/aromatic N) is 2. The fourth-order valence-electron chi connectivity index (χ4n) is 1.64. The molecule has 1 aromatic heterocycles. The van der Waals surface area contributed by atoms with Crippen LogP contribution in [0.3, 0.4) is 0 Å². The van der Waals surface area contributed by atoms with E-state index in [-0.39, 0.29) is 0 Å². The number of nitrogens with one attached hydrogen (secondary N) is 1. The molecule has 0 saturated heterocycles. The summed E-state index contributed by atoms with van der Waals surface area (Å²) in [6.45, 7) is 6.93. The van der Waals surface area contributed by atoms with Gasteiger partial charge in [-0.15, -0.1) is 0 Å². The predicted octanol–water partition coefficient (Wildman–Crippen LogP) is 3.71. The van der Waals surface area contributed by atoms with Crippen molar-refractivity contribution >= 4 is 5.95 Å². The number of anilines is 1. The van der Waals surface area contributed by atoms with Gasteiger partial charge in [-0.3, -0.25) is 0 Å². The van der Waals surface area contributed by atoms with E-state index in [0.29, 0.717) is 11.8 Å². The van der Waals surface area contributed by atoms with E-state index in [9.17, 15) is 0 Å². The molecule has 4 nitrogen and oxygen atoms in total. The van der Waals surface area contributed by atoms with E-state index >= 15 is 0 Å². The third-order valence-corrected chi connectivity index (χ3v) is 2.66. The molecule has 0 aliphatic heterocycles.